The molecule has 5 heteroatoms. The lowest BCUT2D eigenvalue weighted by Crippen LogP contribution is -2.33. The molecular weight excluding hydrogens is 268 g/mol. The van der Waals surface area contributed by atoms with Crippen molar-refractivity contribution in [2.24, 2.45) is 5.73 Å². The van der Waals surface area contributed by atoms with Crippen LogP contribution >= 0.6 is 11.3 Å². The number of hydrogen-bond acceptors (Lipinski definition) is 5. The van der Waals surface area contributed by atoms with Gasteiger partial charge in [-0.25, -0.2) is 9.97 Å². The van der Waals surface area contributed by atoms with Gasteiger partial charge in [0.05, 0.1) is 5.39 Å². The third-order valence-electron chi connectivity index (χ3n) is 4.61. The van der Waals surface area contributed by atoms with Gasteiger partial charge >= 0.3 is 0 Å². The van der Waals surface area contributed by atoms with E-state index >= 15 is 0 Å². The third-order valence-corrected chi connectivity index (χ3v) is 5.81. The molecule has 0 spiro atoms. The first kappa shape index (κ1) is 12.5. The number of fused-ring (bicyclic) bond motifs is 3. The molecule has 2 heterocycles. The van der Waals surface area contributed by atoms with E-state index < -0.39 is 0 Å². The molecule has 0 radical (unpaired) electrons. The quantitative estimate of drug-likeness (QED) is 0.892. The summed E-state index contributed by atoms with van der Waals surface area (Å²) >= 11 is 1.85. The maximum Gasteiger partial charge on any atom is 0.138 e. The predicted octanol–water partition coefficient (Wildman–Crippen LogP) is 2.86. The fourth-order valence-corrected chi connectivity index (χ4v) is 4.72. The number of nitrogens with zero attached hydrogens (tertiary/aromatic N) is 2. The number of nitrogens with two attached hydrogens (primary N) is 1. The first-order chi connectivity index (χ1) is 9.81. The molecule has 4 rings (SSSR count). The van der Waals surface area contributed by atoms with Crippen molar-refractivity contribution in [3.8, 4) is 0 Å². The largest absolute Gasteiger partial charge is 0.367 e. The molecule has 2 aliphatic carbocycles. The van der Waals surface area contributed by atoms with Crippen molar-refractivity contribution in [3.05, 3.63) is 16.8 Å². The van der Waals surface area contributed by atoms with Crippen molar-refractivity contribution in [2.45, 2.75) is 57.0 Å². The fraction of sp³-hybridized carbons (Fsp3) is 0.600. The Labute approximate surface area is 122 Å². The zero-order valence-electron chi connectivity index (χ0n) is 11.6. The summed E-state index contributed by atoms with van der Waals surface area (Å²) in [5.41, 5.74) is 7.49. The van der Waals surface area contributed by atoms with Crippen LogP contribution < -0.4 is 11.1 Å². The molecule has 0 aromatic carbocycles. The van der Waals surface area contributed by atoms with Crippen molar-refractivity contribution in [3.63, 3.8) is 0 Å². The highest BCUT2D eigenvalue weighted by molar-refractivity contribution is 7.19. The number of rotatable bonds is 2. The summed E-state index contributed by atoms with van der Waals surface area (Å²) in [6.07, 6.45) is 9.93. The molecule has 1 saturated carbocycles. The number of anilines is 1. The zero-order chi connectivity index (χ0) is 13.5. The molecule has 0 saturated heterocycles. The Bertz CT molecular complexity index is 628. The van der Waals surface area contributed by atoms with Crippen LogP contribution in [0.5, 0.6) is 0 Å². The topological polar surface area (TPSA) is 63.8 Å². The van der Waals surface area contributed by atoms with Gasteiger partial charge in [-0.15, -0.1) is 11.3 Å². The van der Waals surface area contributed by atoms with Crippen LogP contribution in [0.4, 0.5) is 5.82 Å². The molecule has 2 aliphatic rings. The highest BCUT2D eigenvalue weighted by Crippen LogP contribution is 2.39. The van der Waals surface area contributed by atoms with E-state index in [1.807, 2.05) is 11.3 Å². The first-order valence-electron chi connectivity index (χ1n) is 7.58. The standard InChI is InChI=1S/C15H20N4S/c16-9-4-6-10(7-5-9)19-14-13-11-2-1-3-12(11)20-15(13)18-8-17-14/h8-10H,1-7,16H2,(H,17,18,19)/t9-,10+. The van der Waals surface area contributed by atoms with Gasteiger partial charge in [0.25, 0.3) is 0 Å². The summed E-state index contributed by atoms with van der Waals surface area (Å²) in [4.78, 5) is 11.7. The van der Waals surface area contributed by atoms with Crippen LogP contribution in [0.15, 0.2) is 6.33 Å². The van der Waals surface area contributed by atoms with Crippen molar-refractivity contribution in [1.29, 1.82) is 0 Å². The van der Waals surface area contributed by atoms with Gasteiger partial charge in [0.1, 0.15) is 17.0 Å². The minimum atomic E-state index is 0.392. The van der Waals surface area contributed by atoms with Gasteiger partial charge in [-0.1, -0.05) is 0 Å². The van der Waals surface area contributed by atoms with Crippen LogP contribution in [-0.2, 0) is 12.8 Å². The number of nitrogens with one attached hydrogen (secondary N) is 1. The van der Waals surface area contributed by atoms with Gasteiger partial charge in [-0.3, -0.25) is 0 Å². The van der Waals surface area contributed by atoms with Gasteiger partial charge in [-0.05, 0) is 50.5 Å². The molecule has 0 unspecified atom stereocenters. The third kappa shape index (κ3) is 2.09. The average Bonchev–Trinajstić information content (AvgIpc) is 3.02. The van der Waals surface area contributed by atoms with E-state index in [1.165, 1.54) is 35.1 Å². The van der Waals surface area contributed by atoms with Gasteiger partial charge in [0.2, 0.25) is 0 Å². The molecule has 3 N–H and O–H groups in total. The van der Waals surface area contributed by atoms with E-state index in [0.717, 1.165) is 36.3 Å². The molecule has 106 valence electrons. The van der Waals surface area contributed by atoms with E-state index in [4.69, 9.17) is 5.73 Å². The Kier molecular flexibility index (Phi) is 3.11. The Hall–Kier alpha value is -1.20. The van der Waals surface area contributed by atoms with Gasteiger partial charge in [0.15, 0.2) is 0 Å². The maximum absolute atomic E-state index is 5.99. The monoisotopic (exact) mass is 288 g/mol. The molecule has 20 heavy (non-hydrogen) atoms. The van der Waals surface area contributed by atoms with Crippen molar-refractivity contribution in [2.75, 3.05) is 5.32 Å². The first-order valence-corrected chi connectivity index (χ1v) is 8.40. The van der Waals surface area contributed by atoms with E-state index in [2.05, 4.69) is 15.3 Å². The highest BCUT2D eigenvalue weighted by atomic mass is 32.1. The van der Waals surface area contributed by atoms with E-state index in [0.29, 0.717) is 12.1 Å². The van der Waals surface area contributed by atoms with Crippen LogP contribution in [-0.4, -0.2) is 22.1 Å². The van der Waals surface area contributed by atoms with Crippen molar-refractivity contribution >= 4 is 27.4 Å². The van der Waals surface area contributed by atoms with Crippen LogP contribution in [0, 0.1) is 0 Å². The molecule has 0 bridgehead atoms. The Morgan fingerprint density at radius 2 is 2.00 bits per heavy atom. The summed E-state index contributed by atoms with van der Waals surface area (Å²) in [6, 6.07) is 0.911. The molecular formula is C15H20N4S. The zero-order valence-corrected chi connectivity index (χ0v) is 12.4. The molecule has 2 aromatic rings. The Balaban J connectivity index is 1.66. The number of thiophene rings is 1. The number of aromatic nitrogens is 2. The summed E-state index contributed by atoms with van der Waals surface area (Å²) in [6.45, 7) is 0. The average molecular weight is 288 g/mol. The molecule has 2 aromatic heterocycles. The summed E-state index contributed by atoms with van der Waals surface area (Å²) < 4.78 is 0. The second-order valence-corrected chi connectivity index (χ2v) is 7.10. The van der Waals surface area contributed by atoms with Crippen LogP contribution in [0.2, 0.25) is 0 Å². The molecule has 0 aliphatic heterocycles. The van der Waals surface area contributed by atoms with Crippen LogP contribution in [0.1, 0.15) is 42.5 Å². The Morgan fingerprint density at radius 1 is 1.15 bits per heavy atom. The lowest BCUT2D eigenvalue weighted by atomic mass is 9.92. The number of aryl methyl sites for hydroxylation is 2. The molecule has 4 nitrogen and oxygen atoms in total. The predicted molar refractivity (Wildman–Crippen MR) is 83.3 cm³/mol. The normalized spacial score (nSPS) is 25.9. The second-order valence-electron chi connectivity index (χ2n) is 6.02. The van der Waals surface area contributed by atoms with Gasteiger partial charge < -0.3 is 11.1 Å². The van der Waals surface area contributed by atoms with E-state index in [9.17, 15) is 0 Å². The molecule has 0 atom stereocenters. The minimum absolute atomic E-state index is 0.392. The SMILES string of the molecule is N[C@H]1CC[C@@H](Nc2ncnc3sc4c(c23)CCC4)CC1. The van der Waals surface area contributed by atoms with Crippen molar-refractivity contribution in [1.82, 2.24) is 9.97 Å². The fourth-order valence-electron chi connectivity index (χ4n) is 3.49. The highest BCUT2D eigenvalue weighted by Gasteiger charge is 2.23. The van der Waals surface area contributed by atoms with E-state index in [1.54, 1.807) is 6.33 Å². The maximum atomic E-state index is 5.99. The second kappa shape index (κ2) is 4.97. The molecule has 0 amide bonds. The van der Waals surface area contributed by atoms with Gasteiger partial charge in [0, 0.05) is 17.0 Å². The van der Waals surface area contributed by atoms with Crippen molar-refractivity contribution < 1.29 is 0 Å². The number of hydrogen-bond donors (Lipinski definition) is 2. The van der Waals surface area contributed by atoms with E-state index in [-0.39, 0.29) is 0 Å². The summed E-state index contributed by atoms with van der Waals surface area (Å²) in [7, 11) is 0. The molecule has 1 fully saturated rings. The summed E-state index contributed by atoms with van der Waals surface area (Å²) in [5, 5.41) is 4.95. The lowest BCUT2D eigenvalue weighted by molar-refractivity contribution is 0.410. The lowest BCUT2D eigenvalue weighted by Gasteiger charge is -2.27. The minimum Gasteiger partial charge on any atom is -0.367 e. The Morgan fingerprint density at radius 3 is 2.85 bits per heavy atom. The smallest absolute Gasteiger partial charge is 0.138 e. The van der Waals surface area contributed by atoms with Crippen LogP contribution in [0.3, 0.4) is 0 Å². The van der Waals surface area contributed by atoms with Gasteiger partial charge in [-0.2, -0.15) is 0 Å². The van der Waals surface area contributed by atoms with Crippen LogP contribution in [0.25, 0.3) is 10.2 Å². The summed E-state index contributed by atoms with van der Waals surface area (Å²) in [5.74, 6) is 1.05.